The standard InChI is InChI=1S/C14H26N6O/c15-14(18-4-2-7-20-8-5-16-13-20)17-3-1-6-19-9-11-21-12-10-19/h5,8,13H,1-4,6-7,9-12H2,(H3,15,17,18). The van der Waals surface area contributed by atoms with Gasteiger partial charge in [0.25, 0.3) is 0 Å². The molecule has 0 bridgehead atoms. The highest BCUT2D eigenvalue weighted by molar-refractivity contribution is 5.77. The second-order valence-corrected chi connectivity index (χ2v) is 5.16. The number of aliphatic imine (C=N–C) groups is 1. The maximum atomic E-state index is 5.84. The number of hydrogen-bond acceptors (Lipinski definition) is 4. The van der Waals surface area contributed by atoms with Gasteiger partial charge in [0.05, 0.1) is 19.5 Å². The fraction of sp³-hybridized carbons (Fsp3) is 0.714. The molecule has 1 aliphatic heterocycles. The Balaban J connectivity index is 1.48. The first-order valence-electron chi connectivity index (χ1n) is 7.64. The molecule has 0 spiro atoms. The number of ether oxygens (including phenoxy) is 1. The van der Waals surface area contributed by atoms with E-state index < -0.39 is 0 Å². The molecule has 2 rings (SSSR count). The molecule has 1 aromatic heterocycles. The SMILES string of the molecule is NC(=NCCCn1ccnc1)NCCCN1CCOCC1. The number of nitrogens with one attached hydrogen (secondary N) is 1. The predicted octanol–water partition coefficient (Wildman–Crippen LogP) is -0.100. The highest BCUT2D eigenvalue weighted by Gasteiger charge is 2.08. The minimum Gasteiger partial charge on any atom is -0.379 e. The quantitative estimate of drug-likeness (QED) is 0.397. The van der Waals surface area contributed by atoms with Crippen molar-refractivity contribution in [2.24, 2.45) is 10.7 Å². The minimum absolute atomic E-state index is 0.544. The Kier molecular flexibility index (Phi) is 7.03. The third-order valence-corrected chi connectivity index (χ3v) is 3.48. The lowest BCUT2D eigenvalue weighted by Crippen LogP contribution is -2.39. The van der Waals surface area contributed by atoms with Crippen LogP contribution in [0.25, 0.3) is 0 Å². The summed E-state index contributed by atoms with van der Waals surface area (Å²) in [6.45, 7) is 7.41. The number of morpholine rings is 1. The lowest BCUT2D eigenvalue weighted by Gasteiger charge is -2.26. The largest absolute Gasteiger partial charge is 0.379 e. The van der Waals surface area contributed by atoms with Crippen molar-refractivity contribution in [2.45, 2.75) is 19.4 Å². The zero-order valence-electron chi connectivity index (χ0n) is 12.6. The van der Waals surface area contributed by atoms with Crippen LogP contribution < -0.4 is 11.1 Å². The summed E-state index contributed by atoms with van der Waals surface area (Å²) in [5.41, 5.74) is 5.84. The van der Waals surface area contributed by atoms with E-state index in [0.717, 1.165) is 65.3 Å². The first kappa shape index (κ1) is 15.8. The Bertz CT molecular complexity index is 400. The van der Waals surface area contributed by atoms with Crippen LogP contribution in [0.1, 0.15) is 12.8 Å². The summed E-state index contributed by atoms with van der Waals surface area (Å²) >= 11 is 0. The number of imidazole rings is 1. The number of nitrogens with two attached hydrogens (primary N) is 1. The van der Waals surface area contributed by atoms with E-state index in [2.05, 4.69) is 20.2 Å². The van der Waals surface area contributed by atoms with Crippen LogP contribution in [0, 0.1) is 0 Å². The van der Waals surface area contributed by atoms with E-state index in [4.69, 9.17) is 10.5 Å². The van der Waals surface area contributed by atoms with Gasteiger partial charge in [0.1, 0.15) is 0 Å². The van der Waals surface area contributed by atoms with Gasteiger partial charge in [0.15, 0.2) is 5.96 Å². The first-order chi connectivity index (χ1) is 10.3. The van der Waals surface area contributed by atoms with E-state index in [1.807, 2.05) is 17.1 Å². The van der Waals surface area contributed by atoms with Gasteiger partial charge in [-0.1, -0.05) is 0 Å². The molecule has 0 aromatic carbocycles. The average molecular weight is 294 g/mol. The summed E-state index contributed by atoms with van der Waals surface area (Å²) in [5, 5.41) is 3.17. The summed E-state index contributed by atoms with van der Waals surface area (Å²) in [6, 6.07) is 0. The molecule has 7 nitrogen and oxygen atoms in total. The molecule has 0 radical (unpaired) electrons. The molecule has 118 valence electrons. The summed E-state index contributed by atoms with van der Waals surface area (Å²) in [6.07, 6.45) is 7.60. The number of guanidine groups is 1. The van der Waals surface area contributed by atoms with Gasteiger partial charge in [-0.15, -0.1) is 0 Å². The third-order valence-electron chi connectivity index (χ3n) is 3.48. The van der Waals surface area contributed by atoms with Gasteiger partial charge in [0.2, 0.25) is 0 Å². The van der Waals surface area contributed by atoms with E-state index >= 15 is 0 Å². The van der Waals surface area contributed by atoms with Crippen LogP contribution in [0.2, 0.25) is 0 Å². The van der Waals surface area contributed by atoms with Crippen molar-refractivity contribution in [2.75, 3.05) is 45.9 Å². The van der Waals surface area contributed by atoms with Gasteiger partial charge in [-0.05, 0) is 19.4 Å². The van der Waals surface area contributed by atoms with Crippen LogP contribution in [0.4, 0.5) is 0 Å². The first-order valence-corrected chi connectivity index (χ1v) is 7.64. The molecule has 21 heavy (non-hydrogen) atoms. The molecule has 0 amide bonds. The van der Waals surface area contributed by atoms with Gasteiger partial charge in [-0.2, -0.15) is 0 Å². The number of nitrogens with zero attached hydrogens (tertiary/aromatic N) is 4. The summed E-state index contributed by atoms with van der Waals surface area (Å²) in [4.78, 5) is 10.7. The molecule has 0 saturated carbocycles. The van der Waals surface area contributed by atoms with Crippen LogP contribution in [-0.2, 0) is 11.3 Å². The molecule has 1 fully saturated rings. The predicted molar refractivity (Wildman–Crippen MR) is 83.2 cm³/mol. The fourth-order valence-corrected chi connectivity index (χ4v) is 2.27. The normalized spacial score (nSPS) is 17.0. The molecular formula is C14H26N6O. The maximum absolute atomic E-state index is 5.84. The molecular weight excluding hydrogens is 268 g/mol. The molecule has 3 N–H and O–H groups in total. The molecule has 7 heteroatoms. The Hall–Kier alpha value is -1.60. The zero-order chi connectivity index (χ0) is 14.8. The monoisotopic (exact) mass is 294 g/mol. The highest BCUT2D eigenvalue weighted by atomic mass is 16.5. The van der Waals surface area contributed by atoms with Crippen molar-refractivity contribution in [3.05, 3.63) is 18.7 Å². The Morgan fingerprint density at radius 1 is 1.29 bits per heavy atom. The number of aromatic nitrogens is 2. The molecule has 1 aromatic rings. The van der Waals surface area contributed by atoms with Crippen LogP contribution in [-0.4, -0.2) is 66.3 Å². The van der Waals surface area contributed by atoms with E-state index in [1.54, 1.807) is 6.20 Å². The van der Waals surface area contributed by atoms with Crippen molar-refractivity contribution in [1.29, 1.82) is 0 Å². The van der Waals surface area contributed by atoms with Crippen molar-refractivity contribution in [3.63, 3.8) is 0 Å². The molecule has 0 aliphatic carbocycles. The lowest BCUT2D eigenvalue weighted by atomic mass is 10.3. The topological polar surface area (TPSA) is 80.7 Å². The fourth-order valence-electron chi connectivity index (χ4n) is 2.27. The molecule has 0 unspecified atom stereocenters. The second kappa shape index (κ2) is 9.36. The Morgan fingerprint density at radius 2 is 2.14 bits per heavy atom. The van der Waals surface area contributed by atoms with Gasteiger partial charge >= 0.3 is 0 Å². The van der Waals surface area contributed by atoms with Gasteiger partial charge < -0.3 is 20.4 Å². The number of aryl methyl sites for hydroxylation is 1. The zero-order valence-corrected chi connectivity index (χ0v) is 12.6. The second-order valence-electron chi connectivity index (χ2n) is 5.16. The van der Waals surface area contributed by atoms with Crippen LogP contribution in [0.15, 0.2) is 23.7 Å². The minimum atomic E-state index is 0.544. The smallest absolute Gasteiger partial charge is 0.188 e. The third kappa shape index (κ3) is 6.59. The van der Waals surface area contributed by atoms with Crippen molar-refractivity contribution in [3.8, 4) is 0 Å². The van der Waals surface area contributed by atoms with Crippen LogP contribution in [0.3, 0.4) is 0 Å². The molecule has 0 atom stereocenters. The number of rotatable bonds is 8. The average Bonchev–Trinajstić information content (AvgIpc) is 3.02. The molecule has 1 saturated heterocycles. The van der Waals surface area contributed by atoms with Crippen molar-refractivity contribution in [1.82, 2.24) is 19.8 Å². The number of hydrogen-bond donors (Lipinski definition) is 2. The molecule has 1 aliphatic rings. The Labute approximate surface area is 126 Å². The maximum Gasteiger partial charge on any atom is 0.188 e. The lowest BCUT2D eigenvalue weighted by molar-refractivity contribution is 0.0376. The summed E-state index contributed by atoms with van der Waals surface area (Å²) < 4.78 is 7.37. The van der Waals surface area contributed by atoms with Gasteiger partial charge in [0, 0.05) is 45.1 Å². The van der Waals surface area contributed by atoms with Gasteiger partial charge in [-0.3, -0.25) is 9.89 Å². The van der Waals surface area contributed by atoms with E-state index in [1.165, 1.54) is 0 Å². The van der Waals surface area contributed by atoms with Crippen LogP contribution in [0.5, 0.6) is 0 Å². The summed E-state index contributed by atoms with van der Waals surface area (Å²) in [7, 11) is 0. The van der Waals surface area contributed by atoms with E-state index in [-0.39, 0.29) is 0 Å². The van der Waals surface area contributed by atoms with E-state index in [9.17, 15) is 0 Å². The van der Waals surface area contributed by atoms with Crippen LogP contribution >= 0.6 is 0 Å². The van der Waals surface area contributed by atoms with Crippen molar-refractivity contribution >= 4 is 5.96 Å². The summed E-state index contributed by atoms with van der Waals surface area (Å²) in [5.74, 6) is 0.544. The van der Waals surface area contributed by atoms with Gasteiger partial charge in [-0.25, -0.2) is 4.98 Å². The Morgan fingerprint density at radius 3 is 2.90 bits per heavy atom. The highest BCUT2D eigenvalue weighted by Crippen LogP contribution is 1.97. The molecule has 2 heterocycles. The van der Waals surface area contributed by atoms with E-state index in [0.29, 0.717) is 5.96 Å². The van der Waals surface area contributed by atoms with Crippen molar-refractivity contribution < 1.29 is 4.74 Å².